The van der Waals surface area contributed by atoms with Crippen molar-refractivity contribution in [2.45, 2.75) is 20.8 Å². The summed E-state index contributed by atoms with van der Waals surface area (Å²) in [4.78, 5) is 20.6. The van der Waals surface area contributed by atoms with Crippen molar-refractivity contribution in [3.63, 3.8) is 0 Å². The second-order valence-electron chi connectivity index (χ2n) is 5.49. The Labute approximate surface area is 139 Å². The molecule has 2 aromatic heterocycles. The van der Waals surface area contributed by atoms with Crippen molar-refractivity contribution in [3.05, 3.63) is 59.1 Å². The molecule has 1 amide bonds. The Morgan fingerprint density at radius 1 is 1.12 bits per heavy atom. The Bertz CT molecular complexity index is 888. The van der Waals surface area contributed by atoms with Crippen molar-refractivity contribution in [2.24, 2.45) is 0 Å². The summed E-state index contributed by atoms with van der Waals surface area (Å²) in [6.45, 7) is 5.78. The zero-order chi connectivity index (χ0) is 17.1. The molecule has 0 saturated heterocycles. The van der Waals surface area contributed by atoms with Gasteiger partial charge in [-0.3, -0.25) is 4.79 Å². The first-order valence-corrected chi connectivity index (χ1v) is 7.43. The lowest BCUT2D eigenvalue weighted by atomic mass is 10.1. The molecule has 3 rings (SSSR count). The number of carbonyl (C=O) groups is 1. The van der Waals surface area contributed by atoms with Gasteiger partial charge in [0.1, 0.15) is 11.5 Å². The average Bonchev–Trinajstić information content (AvgIpc) is 2.95. The van der Waals surface area contributed by atoms with Gasteiger partial charge in [0, 0.05) is 18.0 Å². The van der Waals surface area contributed by atoms with Crippen LogP contribution in [0.4, 0.5) is 17.5 Å². The predicted octanol–water partition coefficient (Wildman–Crippen LogP) is 3.39. The summed E-state index contributed by atoms with van der Waals surface area (Å²) >= 11 is 0. The summed E-state index contributed by atoms with van der Waals surface area (Å²) in [5.41, 5.74) is 3.38. The van der Waals surface area contributed by atoms with E-state index in [9.17, 15) is 4.79 Å². The van der Waals surface area contributed by atoms with Gasteiger partial charge in [-0.2, -0.15) is 0 Å². The Balaban J connectivity index is 1.77. The highest BCUT2D eigenvalue weighted by molar-refractivity contribution is 6.02. The molecular weight excluding hydrogens is 306 g/mol. The van der Waals surface area contributed by atoms with Gasteiger partial charge in [-0.25, -0.2) is 9.97 Å². The molecule has 0 aliphatic carbocycles. The maximum absolute atomic E-state index is 12.2. The van der Waals surface area contributed by atoms with Crippen LogP contribution in [0.15, 0.2) is 41.1 Å². The maximum atomic E-state index is 12.2. The number of rotatable bonds is 4. The quantitative estimate of drug-likeness (QED) is 0.764. The molecular formula is C17H17N5O2. The fourth-order valence-electron chi connectivity index (χ4n) is 2.23. The van der Waals surface area contributed by atoms with Crippen molar-refractivity contribution in [2.75, 3.05) is 10.6 Å². The van der Waals surface area contributed by atoms with Crippen LogP contribution < -0.4 is 10.6 Å². The van der Waals surface area contributed by atoms with Gasteiger partial charge < -0.3 is 15.2 Å². The minimum Gasteiger partial charge on any atom is -0.360 e. The summed E-state index contributed by atoms with van der Waals surface area (Å²) in [5, 5.41) is 9.48. The van der Waals surface area contributed by atoms with Crippen molar-refractivity contribution in [1.82, 2.24) is 15.1 Å². The van der Waals surface area contributed by atoms with Crippen LogP contribution in [-0.2, 0) is 0 Å². The zero-order valence-corrected chi connectivity index (χ0v) is 13.6. The molecule has 0 saturated carbocycles. The lowest BCUT2D eigenvalue weighted by Gasteiger charge is -2.09. The van der Waals surface area contributed by atoms with Crippen LogP contribution in [0.5, 0.6) is 0 Å². The van der Waals surface area contributed by atoms with Gasteiger partial charge >= 0.3 is 0 Å². The number of hydrogen-bond acceptors (Lipinski definition) is 6. The third kappa shape index (κ3) is 3.57. The molecule has 0 aliphatic rings. The molecule has 0 unspecified atom stereocenters. The summed E-state index contributed by atoms with van der Waals surface area (Å²) < 4.78 is 4.92. The largest absolute Gasteiger partial charge is 0.360 e. The Morgan fingerprint density at radius 3 is 2.67 bits per heavy atom. The molecule has 2 heterocycles. The molecule has 0 radical (unpaired) electrons. The van der Waals surface area contributed by atoms with Crippen LogP contribution in [0.25, 0.3) is 0 Å². The van der Waals surface area contributed by atoms with E-state index in [1.54, 1.807) is 13.0 Å². The Morgan fingerprint density at radius 2 is 1.96 bits per heavy atom. The lowest BCUT2D eigenvalue weighted by molar-refractivity contribution is 0.102. The van der Waals surface area contributed by atoms with Crippen molar-refractivity contribution < 1.29 is 9.32 Å². The van der Waals surface area contributed by atoms with Crippen LogP contribution in [0.1, 0.15) is 27.4 Å². The van der Waals surface area contributed by atoms with Gasteiger partial charge in [0.25, 0.3) is 5.91 Å². The molecule has 0 fully saturated rings. The van der Waals surface area contributed by atoms with Gasteiger partial charge in [-0.15, -0.1) is 0 Å². The highest BCUT2D eigenvalue weighted by Crippen LogP contribution is 2.19. The van der Waals surface area contributed by atoms with Crippen LogP contribution in [0.2, 0.25) is 0 Å². The molecule has 0 bridgehead atoms. The Hall–Kier alpha value is -3.22. The molecule has 24 heavy (non-hydrogen) atoms. The van der Waals surface area contributed by atoms with Crippen molar-refractivity contribution in [1.29, 1.82) is 0 Å². The summed E-state index contributed by atoms with van der Waals surface area (Å²) in [6.07, 6.45) is 1.53. The number of nitrogens with one attached hydrogen (secondary N) is 2. The molecule has 122 valence electrons. The second kappa shape index (κ2) is 6.49. The number of benzene rings is 1. The summed E-state index contributed by atoms with van der Waals surface area (Å²) in [5.74, 6) is 0.936. The molecule has 3 aromatic rings. The van der Waals surface area contributed by atoms with Crippen LogP contribution in [-0.4, -0.2) is 21.0 Å². The lowest BCUT2D eigenvalue weighted by Crippen LogP contribution is -2.15. The van der Waals surface area contributed by atoms with E-state index >= 15 is 0 Å². The molecule has 7 heteroatoms. The van der Waals surface area contributed by atoms with Gasteiger partial charge in [0.05, 0.1) is 0 Å². The standard InChI is InChI=1S/C17H17N5O2/c1-10-4-5-13(11(2)8-10)19-17-18-7-6-14(20-17)16(23)21-15-9-12(3)24-22-15/h4-9H,1-3H3,(H,18,19,20)(H,21,22,23). The third-order valence-corrected chi connectivity index (χ3v) is 3.39. The van der Waals surface area contributed by atoms with Gasteiger partial charge in [0.2, 0.25) is 5.95 Å². The molecule has 2 N–H and O–H groups in total. The molecule has 7 nitrogen and oxygen atoms in total. The van der Waals surface area contributed by atoms with E-state index in [0.717, 1.165) is 11.3 Å². The van der Waals surface area contributed by atoms with E-state index in [1.165, 1.54) is 17.8 Å². The van der Waals surface area contributed by atoms with Crippen LogP contribution >= 0.6 is 0 Å². The van der Waals surface area contributed by atoms with E-state index < -0.39 is 0 Å². The molecule has 0 spiro atoms. The smallest absolute Gasteiger partial charge is 0.275 e. The fourth-order valence-corrected chi connectivity index (χ4v) is 2.23. The van der Waals surface area contributed by atoms with Crippen LogP contribution in [0, 0.1) is 20.8 Å². The van der Waals surface area contributed by atoms with Gasteiger partial charge in [0.15, 0.2) is 5.82 Å². The molecule has 0 aliphatic heterocycles. The average molecular weight is 323 g/mol. The molecule has 1 aromatic carbocycles. The van der Waals surface area contributed by atoms with E-state index in [2.05, 4.69) is 31.8 Å². The highest BCUT2D eigenvalue weighted by Gasteiger charge is 2.12. The number of carbonyl (C=O) groups excluding carboxylic acids is 1. The van der Waals surface area contributed by atoms with E-state index in [-0.39, 0.29) is 11.6 Å². The fraction of sp³-hybridized carbons (Fsp3) is 0.176. The maximum Gasteiger partial charge on any atom is 0.275 e. The minimum absolute atomic E-state index is 0.234. The zero-order valence-electron chi connectivity index (χ0n) is 13.6. The first kappa shape index (κ1) is 15.7. The first-order chi connectivity index (χ1) is 11.5. The van der Waals surface area contributed by atoms with Crippen molar-refractivity contribution in [3.8, 4) is 0 Å². The molecule has 0 atom stereocenters. The third-order valence-electron chi connectivity index (χ3n) is 3.39. The topological polar surface area (TPSA) is 92.9 Å². The second-order valence-corrected chi connectivity index (χ2v) is 5.49. The number of anilines is 3. The van der Waals surface area contributed by atoms with Gasteiger partial charge in [-0.05, 0) is 38.5 Å². The summed E-state index contributed by atoms with van der Waals surface area (Å²) in [6, 6.07) is 9.19. The monoisotopic (exact) mass is 323 g/mol. The SMILES string of the molecule is Cc1ccc(Nc2nccc(C(=O)Nc3cc(C)on3)n2)c(C)c1. The number of hydrogen-bond donors (Lipinski definition) is 2. The van der Waals surface area contributed by atoms with Crippen LogP contribution in [0.3, 0.4) is 0 Å². The highest BCUT2D eigenvalue weighted by atomic mass is 16.5. The summed E-state index contributed by atoms with van der Waals surface area (Å²) in [7, 11) is 0. The van der Waals surface area contributed by atoms with E-state index in [1.807, 2.05) is 26.0 Å². The van der Waals surface area contributed by atoms with Crippen molar-refractivity contribution >= 4 is 23.4 Å². The number of aromatic nitrogens is 3. The predicted molar refractivity (Wildman–Crippen MR) is 90.4 cm³/mol. The number of amides is 1. The first-order valence-electron chi connectivity index (χ1n) is 7.43. The normalized spacial score (nSPS) is 10.5. The van der Waals surface area contributed by atoms with Gasteiger partial charge in [-0.1, -0.05) is 22.9 Å². The minimum atomic E-state index is -0.380. The number of nitrogens with zero attached hydrogens (tertiary/aromatic N) is 3. The van der Waals surface area contributed by atoms with E-state index in [0.29, 0.717) is 17.5 Å². The van der Waals surface area contributed by atoms with E-state index in [4.69, 9.17) is 4.52 Å². The Kier molecular flexibility index (Phi) is 4.24. The number of aryl methyl sites for hydroxylation is 3.